The molecule has 0 aliphatic heterocycles. The third-order valence-electron chi connectivity index (χ3n) is 3.73. The normalized spacial score (nSPS) is 10.8. The van der Waals surface area contributed by atoms with Gasteiger partial charge in [-0.05, 0) is 30.2 Å². The summed E-state index contributed by atoms with van der Waals surface area (Å²) in [5.41, 5.74) is 4.35. The first-order valence-corrected chi connectivity index (χ1v) is 7.33. The molecule has 0 saturated heterocycles. The Morgan fingerprint density at radius 1 is 0.909 bits per heavy atom. The summed E-state index contributed by atoms with van der Waals surface area (Å²) in [6, 6.07) is 18.3. The maximum absolute atomic E-state index is 5.86. The molecule has 1 aromatic heterocycles. The van der Waals surface area contributed by atoms with Gasteiger partial charge in [-0.25, -0.2) is 4.98 Å². The molecule has 0 amide bonds. The molecule has 0 aliphatic carbocycles. The van der Waals surface area contributed by atoms with E-state index in [0.717, 1.165) is 16.5 Å². The highest BCUT2D eigenvalue weighted by Gasteiger charge is 2.08. The number of para-hydroxylation sites is 1. The fraction of sp³-hybridized carbons (Fsp3) is 0.211. The summed E-state index contributed by atoms with van der Waals surface area (Å²) < 4.78 is 11.2. The van der Waals surface area contributed by atoms with Crippen molar-refractivity contribution in [1.29, 1.82) is 0 Å². The van der Waals surface area contributed by atoms with E-state index in [4.69, 9.17) is 9.47 Å². The van der Waals surface area contributed by atoms with Gasteiger partial charge in [-0.2, -0.15) is 0 Å². The number of hydrogen-bond donors (Lipinski definition) is 0. The molecule has 3 aromatic rings. The van der Waals surface area contributed by atoms with Crippen LogP contribution < -0.4 is 4.74 Å². The van der Waals surface area contributed by atoms with E-state index in [1.54, 1.807) is 7.11 Å². The highest BCUT2D eigenvalue weighted by atomic mass is 16.5. The molecule has 3 heteroatoms. The van der Waals surface area contributed by atoms with Gasteiger partial charge in [0, 0.05) is 10.9 Å². The molecule has 0 N–H and O–H groups in total. The van der Waals surface area contributed by atoms with Gasteiger partial charge in [0.25, 0.3) is 0 Å². The van der Waals surface area contributed by atoms with Crippen molar-refractivity contribution in [2.45, 2.75) is 20.1 Å². The predicted octanol–water partition coefficient (Wildman–Crippen LogP) is 4.27. The molecule has 1 heterocycles. The molecular weight excluding hydrogens is 274 g/mol. The Kier molecular flexibility index (Phi) is 4.35. The van der Waals surface area contributed by atoms with E-state index in [1.165, 1.54) is 11.1 Å². The molecule has 22 heavy (non-hydrogen) atoms. The summed E-state index contributed by atoms with van der Waals surface area (Å²) in [7, 11) is 1.64. The van der Waals surface area contributed by atoms with Gasteiger partial charge in [-0.1, -0.05) is 42.5 Å². The number of fused-ring (bicyclic) bond motifs is 1. The molecule has 0 radical (unpaired) electrons. The number of nitrogens with zero attached hydrogens (tertiary/aromatic N) is 1. The van der Waals surface area contributed by atoms with Crippen LogP contribution in [-0.4, -0.2) is 12.1 Å². The van der Waals surface area contributed by atoms with Crippen molar-refractivity contribution in [3.05, 3.63) is 71.3 Å². The molecule has 112 valence electrons. The van der Waals surface area contributed by atoms with E-state index in [1.807, 2.05) is 36.4 Å². The second-order valence-electron chi connectivity index (χ2n) is 5.27. The highest BCUT2D eigenvalue weighted by molar-refractivity contribution is 5.79. The Morgan fingerprint density at radius 2 is 1.64 bits per heavy atom. The van der Waals surface area contributed by atoms with Crippen LogP contribution >= 0.6 is 0 Å². The molecule has 0 saturated carbocycles. The number of aryl methyl sites for hydroxylation is 1. The molecular formula is C19H19NO2. The van der Waals surface area contributed by atoms with E-state index < -0.39 is 0 Å². The van der Waals surface area contributed by atoms with Gasteiger partial charge < -0.3 is 9.47 Å². The molecule has 2 aromatic carbocycles. The van der Waals surface area contributed by atoms with Crippen LogP contribution in [0.5, 0.6) is 5.88 Å². The zero-order valence-corrected chi connectivity index (χ0v) is 12.9. The number of hydrogen-bond acceptors (Lipinski definition) is 3. The Labute approximate surface area is 130 Å². The van der Waals surface area contributed by atoms with Crippen molar-refractivity contribution in [2.75, 3.05) is 7.11 Å². The van der Waals surface area contributed by atoms with E-state index in [0.29, 0.717) is 19.1 Å². The Hall–Kier alpha value is -2.39. The fourth-order valence-electron chi connectivity index (χ4n) is 2.47. The highest BCUT2D eigenvalue weighted by Crippen LogP contribution is 2.23. The van der Waals surface area contributed by atoms with Gasteiger partial charge in [0.05, 0.1) is 25.8 Å². The lowest BCUT2D eigenvalue weighted by atomic mass is 10.1. The first-order valence-electron chi connectivity index (χ1n) is 7.33. The van der Waals surface area contributed by atoms with Gasteiger partial charge in [-0.15, -0.1) is 0 Å². The standard InChI is InChI=1S/C19H19NO2/c1-14-7-3-4-9-16(14)12-22-13-17-11-15-8-5-6-10-18(15)20-19(17)21-2/h3-11H,12-13H2,1-2H3. The molecule has 3 nitrogen and oxygen atoms in total. The molecule has 0 unspecified atom stereocenters. The maximum Gasteiger partial charge on any atom is 0.219 e. The molecule has 0 spiro atoms. The largest absolute Gasteiger partial charge is 0.481 e. The van der Waals surface area contributed by atoms with Gasteiger partial charge in [-0.3, -0.25) is 0 Å². The molecule has 0 atom stereocenters. The van der Waals surface area contributed by atoms with Gasteiger partial charge in [0.15, 0.2) is 0 Å². The minimum absolute atomic E-state index is 0.481. The average Bonchev–Trinajstić information content (AvgIpc) is 2.56. The predicted molar refractivity (Wildman–Crippen MR) is 88.0 cm³/mol. The fourth-order valence-corrected chi connectivity index (χ4v) is 2.47. The van der Waals surface area contributed by atoms with Crippen LogP contribution in [0.4, 0.5) is 0 Å². The first-order chi connectivity index (χ1) is 10.8. The van der Waals surface area contributed by atoms with Crippen LogP contribution in [0.3, 0.4) is 0 Å². The SMILES string of the molecule is COc1nc2ccccc2cc1COCc1ccccc1C. The van der Waals surface area contributed by atoms with Crippen molar-refractivity contribution in [1.82, 2.24) is 4.98 Å². The maximum atomic E-state index is 5.86. The molecule has 0 bridgehead atoms. The molecule has 3 rings (SSSR count). The minimum Gasteiger partial charge on any atom is -0.481 e. The lowest BCUT2D eigenvalue weighted by Crippen LogP contribution is -2.00. The topological polar surface area (TPSA) is 31.4 Å². The smallest absolute Gasteiger partial charge is 0.219 e. The third kappa shape index (κ3) is 3.10. The van der Waals surface area contributed by atoms with Crippen LogP contribution in [0.25, 0.3) is 10.9 Å². The lowest BCUT2D eigenvalue weighted by molar-refractivity contribution is 0.104. The summed E-state index contributed by atoms with van der Waals surface area (Å²) in [4.78, 5) is 4.53. The second-order valence-corrected chi connectivity index (χ2v) is 5.27. The number of benzene rings is 2. The van der Waals surface area contributed by atoms with Crippen molar-refractivity contribution >= 4 is 10.9 Å². The number of pyridine rings is 1. The summed E-state index contributed by atoms with van der Waals surface area (Å²) in [6.45, 7) is 3.16. The summed E-state index contributed by atoms with van der Waals surface area (Å²) >= 11 is 0. The van der Waals surface area contributed by atoms with Crippen LogP contribution in [0.1, 0.15) is 16.7 Å². The van der Waals surface area contributed by atoms with Crippen molar-refractivity contribution < 1.29 is 9.47 Å². The lowest BCUT2D eigenvalue weighted by Gasteiger charge is -2.11. The number of methoxy groups -OCH3 is 1. The van der Waals surface area contributed by atoms with E-state index >= 15 is 0 Å². The molecule has 0 aliphatic rings. The van der Waals surface area contributed by atoms with Gasteiger partial charge in [0.1, 0.15) is 0 Å². The van der Waals surface area contributed by atoms with Crippen LogP contribution in [0, 0.1) is 6.92 Å². The Bertz CT molecular complexity index is 783. The first kappa shape index (κ1) is 14.5. The molecule has 0 fully saturated rings. The zero-order valence-electron chi connectivity index (χ0n) is 12.9. The van der Waals surface area contributed by atoms with E-state index in [-0.39, 0.29) is 0 Å². The number of rotatable bonds is 5. The Balaban J connectivity index is 1.77. The second kappa shape index (κ2) is 6.58. The summed E-state index contributed by atoms with van der Waals surface area (Å²) in [5.74, 6) is 0.628. The quantitative estimate of drug-likeness (QED) is 0.704. The zero-order chi connectivity index (χ0) is 15.4. The minimum atomic E-state index is 0.481. The van der Waals surface area contributed by atoms with E-state index in [9.17, 15) is 0 Å². The van der Waals surface area contributed by atoms with Crippen molar-refractivity contribution in [3.63, 3.8) is 0 Å². The van der Waals surface area contributed by atoms with Gasteiger partial charge in [0.2, 0.25) is 5.88 Å². The third-order valence-corrected chi connectivity index (χ3v) is 3.73. The summed E-state index contributed by atoms with van der Waals surface area (Å²) in [6.07, 6.45) is 0. The Morgan fingerprint density at radius 3 is 2.45 bits per heavy atom. The van der Waals surface area contributed by atoms with Crippen LogP contribution in [-0.2, 0) is 18.0 Å². The number of ether oxygens (including phenoxy) is 2. The van der Waals surface area contributed by atoms with Crippen molar-refractivity contribution in [3.8, 4) is 5.88 Å². The number of aromatic nitrogens is 1. The van der Waals surface area contributed by atoms with E-state index in [2.05, 4.69) is 30.1 Å². The van der Waals surface area contributed by atoms with Crippen LogP contribution in [0.2, 0.25) is 0 Å². The van der Waals surface area contributed by atoms with Crippen LogP contribution in [0.15, 0.2) is 54.6 Å². The average molecular weight is 293 g/mol. The van der Waals surface area contributed by atoms with Gasteiger partial charge >= 0.3 is 0 Å². The van der Waals surface area contributed by atoms with Crippen molar-refractivity contribution in [2.24, 2.45) is 0 Å². The monoisotopic (exact) mass is 293 g/mol. The summed E-state index contributed by atoms with van der Waals surface area (Å²) in [5, 5.41) is 1.10.